The van der Waals surface area contributed by atoms with Crippen molar-refractivity contribution in [3.8, 4) is 11.5 Å². The number of hydrogen-bond donors (Lipinski definition) is 1. The van der Waals surface area contributed by atoms with Gasteiger partial charge in [0.1, 0.15) is 14.5 Å². The fraction of sp³-hybridized carbons (Fsp3) is 0.0769. The van der Waals surface area contributed by atoms with E-state index in [4.69, 9.17) is 12.6 Å². The molecular weight excluding hydrogens is 199 g/mol. The van der Waals surface area contributed by atoms with Crippen LogP contribution in [0.4, 0.5) is 0 Å². The van der Waals surface area contributed by atoms with Crippen LogP contribution >= 0.6 is 0 Å². The molecule has 0 bridgehead atoms. The third-order valence-electron chi connectivity index (χ3n) is 2.22. The standard InChI is InChI=1S/C13H11BO2/c14-11-6-7-13(12(15)8-11)16-9-10-4-2-1-3-5-10/h1-8,15H,9H2. The fourth-order valence-electron chi connectivity index (χ4n) is 1.39. The van der Waals surface area contributed by atoms with E-state index in [9.17, 15) is 5.11 Å². The van der Waals surface area contributed by atoms with Gasteiger partial charge < -0.3 is 9.84 Å². The number of rotatable bonds is 3. The summed E-state index contributed by atoms with van der Waals surface area (Å²) in [7, 11) is 5.52. The minimum Gasteiger partial charge on any atom is -0.504 e. The van der Waals surface area contributed by atoms with E-state index in [1.807, 2.05) is 30.3 Å². The van der Waals surface area contributed by atoms with Crippen LogP contribution in [0.1, 0.15) is 5.56 Å². The number of phenolic OH excluding ortho intramolecular Hbond substituents is 1. The summed E-state index contributed by atoms with van der Waals surface area (Å²) in [5.41, 5.74) is 1.57. The highest BCUT2D eigenvalue weighted by atomic mass is 16.5. The van der Waals surface area contributed by atoms with Gasteiger partial charge in [0.25, 0.3) is 0 Å². The van der Waals surface area contributed by atoms with Crippen molar-refractivity contribution in [3.05, 3.63) is 54.1 Å². The molecule has 2 radical (unpaired) electrons. The predicted octanol–water partition coefficient (Wildman–Crippen LogP) is 1.76. The molecule has 0 aromatic heterocycles. The highest BCUT2D eigenvalue weighted by Crippen LogP contribution is 2.24. The lowest BCUT2D eigenvalue weighted by Gasteiger charge is -2.08. The van der Waals surface area contributed by atoms with Gasteiger partial charge in [-0.15, -0.1) is 0 Å². The number of phenols is 1. The fourth-order valence-corrected chi connectivity index (χ4v) is 1.39. The lowest BCUT2D eigenvalue weighted by molar-refractivity contribution is 0.289. The van der Waals surface area contributed by atoms with Crippen molar-refractivity contribution in [2.75, 3.05) is 0 Å². The molecule has 0 heterocycles. The minimum atomic E-state index is 0.0657. The van der Waals surface area contributed by atoms with Crippen LogP contribution in [-0.2, 0) is 6.61 Å². The maximum atomic E-state index is 9.56. The Balaban J connectivity index is 2.05. The molecule has 78 valence electrons. The molecule has 0 saturated heterocycles. The Morgan fingerprint density at radius 2 is 1.81 bits per heavy atom. The molecule has 0 unspecified atom stereocenters. The van der Waals surface area contributed by atoms with Crippen molar-refractivity contribution < 1.29 is 9.84 Å². The lowest BCUT2D eigenvalue weighted by Crippen LogP contribution is -2.02. The highest BCUT2D eigenvalue weighted by Gasteiger charge is 2.01. The molecule has 1 N–H and O–H groups in total. The van der Waals surface area contributed by atoms with Crippen LogP contribution in [-0.4, -0.2) is 13.0 Å². The zero-order valence-corrected chi connectivity index (χ0v) is 8.76. The molecule has 0 amide bonds. The molecule has 0 fully saturated rings. The van der Waals surface area contributed by atoms with Crippen molar-refractivity contribution in [3.63, 3.8) is 0 Å². The zero-order valence-electron chi connectivity index (χ0n) is 8.76. The van der Waals surface area contributed by atoms with E-state index in [1.54, 1.807) is 12.1 Å². The SMILES string of the molecule is [B]c1ccc(OCc2ccccc2)c(O)c1. The van der Waals surface area contributed by atoms with Gasteiger partial charge in [0.15, 0.2) is 11.5 Å². The van der Waals surface area contributed by atoms with Crippen LogP contribution < -0.4 is 10.2 Å². The van der Waals surface area contributed by atoms with Crippen molar-refractivity contribution in [1.29, 1.82) is 0 Å². The summed E-state index contributed by atoms with van der Waals surface area (Å²) in [6.45, 7) is 0.429. The molecule has 2 rings (SSSR count). The lowest BCUT2D eigenvalue weighted by atomic mass is 9.96. The highest BCUT2D eigenvalue weighted by molar-refractivity contribution is 6.32. The number of ether oxygens (including phenoxy) is 1. The maximum absolute atomic E-state index is 9.56. The average Bonchev–Trinajstić information content (AvgIpc) is 2.29. The van der Waals surface area contributed by atoms with Gasteiger partial charge in [0, 0.05) is 0 Å². The first kappa shape index (κ1) is 10.6. The first-order chi connectivity index (χ1) is 7.75. The Hall–Kier alpha value is -1.90. The van der Waals surface area contributed by atoms with Gasteiger partial charge in [-0.25, -0.2) is 0 Å². The van der Waals surface area contributed by atoms with Gasteiger partial charge in [-0.1, -0.05) is 41.9 Å². The number of aromatic hydroxyl groups is 1. The summed E-state index contributed by atoms with van der Waals surface area (Å²) in [4.78, 5) is 0. The third kappa shape index (κ3) is 2.57. The van der Waals surface area contributed by atoms with E-state index < -0.39 is 0 Å². The summed E-state index contributed by atoms with van der Waals surface area (Å²) in [6, 6.07) is 14.6. The maximum Gasteiger partial charge on any atom is 0.161 e. The van der Waals surface area contributed by atoms with Crippen molar-refractivity contribution in [2.45, 2.75) is 6.61 Å². The summed E-state index contributed by atoms with van der Waals surface area (Å²) in [5, 5.41) is 9.56. The van der Waals surface area contributed by atoms with Gasteiger partial charge in [-0.05, 0) is 17.7 Å². The van der Waals surface area contributed by atoms with Gasteiger partial charge >= 0.3 is 0 Å². The van der Waals surface area contributed by atoms with Crippen molar-refractivity contribution in [1.82, 2.24) is 0 Å². The van der Waals surface area contributed by atoms with Crippen LogP contribution in [0.15, 0.2) is 48.5 Å². The van der Waals surface area contributed by atoms with E-state index in [2.05, 4.69) is 0 Å². The van der Waals surface area contributed by atoms with Crippen LogP contribution in [0.25, 0.3) is 0 Å². The quantitative estimate of drug-likeness (QED) is 0.782. The van der Waals surface area contributed by atoms with Crippen molar-refractivity contribution in [2.24, 2.45) is 0 Å². The van der Waals surface area contributed by atoms with E-state index in [-0.39, 0.29) is 5.75 Å². The zero-order chi connectivity index (χ0) is 11.4. The summed E-state index contributed by atoms with van der Waals surface area (Å²) in [5.74, 6) is 0.508. The van der Waals surface area contributed by atoms with E-state index in [0.29, 0.717) is 17.8 Å². The third-order valence-corrected chi connectivity index (χ3v) is 2.22. The first-order valence-electron chi connectivity index (χ1n) is 5.01. The van der Waals surface area contributed by atoms with Crippen LogP contribution in [0.5, 0.6) is 11.5 Å². The Labute approximate surface area is 95.9 Å². The molecule has 16 heavy (non-hydrogen) atoms. The number of hydrogen-bond acceptors (Lipinski definition) is 2. The Morgan fingerprint density at radius 3 is 2.50 bits per heavy atom. The van der Waals surface area contributed by atoms with Crippen LogP contribution in [0.2, 0.25) is 0 Å². The largest absolute Gasteiger partial charge is 0.504 e. The minimum absolute atomic E-state index is 0.0657. The molecule has 0 atom stereocenters. The Kier molecular flexibility index (Phi) is 3.15. The second-order valence-electron chi connectivity index (χ2n) is 3.50. The first-order valence-corrected chi connectivity index (χ1v) is 5.01. The molecule has 3 heteroatoms. The monoisotopic (exact) mass is 210 g/mol. The van der Waals surface area contributed by atoms with Gasteiger partial charge in [-0.2, -0.15) is 0 Å². The molecule has 0 aliphatic carbocycles. The molecule has 0 saturated carbocycles. The molecule has 2 nitrogen and oxygen atoms in total. The second-order valence-corrected chi connectivity index (χ2v) is 3.50. The average molecular weight is 210 g/mol. The summed E-state index contributed by atoms with van der Waals surface area (Å²) < 4.78 is 5.47. The second kappa shape index (κ2) is 4.75. The molecule has 0 aliphatic heterocycles. The summed E-state index contributed by atoms with van der Waals surface area (Å²) in [6.07, 6.45) is 0. The van der Waals surface area contributed by atoms with Crippen molar-refractivity contribution >= 4 is 13.3 Å². The molecule has 2 aromatic carbocycles. The van der Waals surface area contributed by atoms with E-state index >= 15 is 0 Å². The topological polar surface area (TPSA) is 29.5 Å². The molecular formula is C13H11BO2. The van der Waals surface area contributed by atoms with E-state index in [0.717, 1.165) is 5.56 Å². The molecule has 0 spiro atoms. The van der Waals surface area contributed by atoms with E-state index in [1.165, 1.54) is 6.07 Å². The smallest absolute Gasteiger partial charge is 0.161 e. The summed E-state index contributed by atoms with van der Waals surface area (Å²) >= 11 is 0. The number of benzene rings is 2. The Bertz CT molecular complexity index is 469. The van der Waals surface area contributed by atoms with Crippen LogP contribution in [0.3, 0.4) is 0 Å². The molecule has 2 aromatic rings. The molecule has 0 aliphatic rings. The van der Waals surface area contributed by atoms with Gasteiger partial charge in [0.05, 0.1) is 0 Å². The predicted molar refractivity (Wildman–Crippen MR) is 64.3 cm³/mol. The van der Waals surface area contributed by atoms with Gasteiger partial charge in [-0.3, -0.25) is 0 Å². The van der Waals surface area contributed by atoms with Gasteiger partial charge in [0.2, 0.25) is 0 Å². The normalized spacial score (nSPS) is 10.0. The Morgan fingerprint density at radius 1 is 1.06 bits per heavy atom. The van der Waals surface area contributed by atoms with Crippen LogP contribution in [0, 0.1) is 0 Å².